The Morgan fingerprint density at radius 2 is 2.04 bits per heavy atom. The lowest BCUT2D eigenvalue weighted by molar-refractivity contribution is -0.116. The average molecular weight is 348 g/mol. The molecule has 0 saturated heterocycles. The first kappa shape index (κ1) is 17.4. The average Bonchev–Trinajstić information content (AvgIpc) is 3.11. The molecule has 132 valence electrons. The zero-order valence-corrected chi connectivity index (χ0v) is 14.7. The maximum Gasteiger partial charge on any atom is 0.244 e. The lowest BCUT2D eigenvalue weighted by Crippen LogP contribution is -2.20. The van der Waals surface area contributed by atoms with Crippen LogP contribution in [0.4, 0.5) is 0 Å². The number of carbonyl (C=O) groups excluding carboxylic acids is 1. The van der Waals surface area contributed by atoms with Crippen molar-refractivity contribution in [2.45, 2.75) is 6.54 Å². The maximum absolute atomic E-state index is 12.0. The standard InChI is InChI=1S/C20H20N4O2/c1-24-19(9-10-23-24)17-11-16(12-21-14-17)13-22-20(25)8-5-15-3-6-18(26-2)7-4-15/h3-12,14H,13H2,1-2H3,(H,22,25)/b8-5+. The maximum atomic E-state index is 12.0. The minimum atomic E-state index is -0.160. The van der Waals surface area contributed by atoms with Gasteiger partial charge >= 0.3 is 0 Å². The quantitative estimate of drug-likeness (QED) is 0.696. The summed E-state index contributed by atoms with van der Waals surface area (Å²) in [6, 6.07) is 11.4. The molecule has 3 rings (SSSR count). The highest BCUT2D eigenvalue weighted by Gasteiger charge is 2.05. The number of methoxy groups -OCH3 is 1. The van der Waals surface area contributed by atoms with Gasteiger partial charge in [0.05, 0.1) is 12.8 Å². The number of ether oxygens (including phenoxy) is 1. The topological polar surface area (TPSA) is 69.0 Å². The van der Waals surface area contributed by atoms with Crippen molar-refractivity contribution in [1.29, 1.82) is 0 Å². The van der Waals surface area contributed by atoms with Crippen molar-refractivity contribution in [2.24, 2.45) is 7.05 Å². The van der Waals surface area contributed by atoms with Gasteiger partial charge in [0.25, 0.3) is 0 Å². The largest absolute Gasteiger partial charge is 0.497 e. The second kappa shape index (κ2) is 8.11. The number of pyridine rings is 1. The van der Waals surface area contributed by atoms with Crippen LogP contribution in [0.5, 0.6) is 5.75 Å². The van der Waals surface area contributed by atoms with Crippen molar-refractivity contribution in [3.8, 4) is 17.0 Å². The third kappa shape index (κ3) is 4.36. The highest BCUT2D eigenvalue weighted by atomic mass is 16.5. The third-order valence-electron chi connectivity index (χ3n) is 3.92. The molecule has 1 N–H and O–H groups in total. The van der Waals surface area contributed by atoms with Crippen LogP contribution < -0.4 is 10.1 Å². The summed E-state index contributed by atoms with van der Waals surface area (Å²) < 4.78 is 6.90. The second-order valence-electron chi connectivity index (χ2n) is 5.75. The van der Waals surface area contributed by atoms with Gasteiger partial charge < -0.3 is 10.1 Å². The molecule has 1 amide bonds. The molecule has 0 aliphatic rings. The summed E-state index contributed by atoms with van der Waals surface area (Å²) in [4.78, 5) is 16.3. The summed E-state index contributed by atoms with van der Waals surface area (Å²) in [5.74, 6) is 0.624. The van der Waals surface area contributed by atoms with Crippen LogP contribution in [0, 0.1) is 0 Å². The summed E-state index contributed by atoms with van der Waals surface area (Å²) >= 11 is 0. The number of amides is 1. The van der Waals surface area contributed by atoms with Gasteiger partial charge in [-0.15, -0.1) is 0 Å². The zero-order chi connectivity index (χ0) is 18.4. The van der Waals surface area contributed by atoms with Crippen molar-refractivity contribution in [3.05, 3.63) is 72.2 Å². The minimum absolute atomic E-state index is 0.160. The van der Waals surface area contributed by atoms with Crippen LogP contribution in [0.15, 0.2) is 61.1 Å². The zero-order valence-electron chi connectivity index (χ0n) is 14.7. The molecule has 0 spiro atoms. The van der Waals surface area contributed by atoms with E-state index in [1.807, 2.05) is 43.4 Å². The van der Waals surface area contributed by atoms with Gasteiger partial charge in [-0.2, -0.15) is 5.10 Å². The van der Waals surface area contributed by atoms with E-state index in [1.165, 1.54) is 6.08 Å². The number of hydrogen-bond donors (Lipinski definition) is 1. The molecule has 0 radical (unpaired) electrons. The highest BCUT2D eigenvalue weighted by molar-refractivity contribution is 5.91. The van der Waals surface area contributed by atoms with E-state index in [0.29, 0.717) is 6.54 Å². The Morgan fingerprint density at radius 1 is 1.23 bits per heavy atom. The van der Waals surface area contributed by atoms with Gasteiger partial charge in [-0.05, 0) is 41.5 Å². The Balaban J connectivity index is 1.59. The number of benzene rings is 1. The van der Waals surface area contributed by atoms with E-state index in [-0.39, 0.29) is 5.91 Å². The summed E-state index contributed by atoms with van der Waals surface area (Å²) in [5.41, 5.74) is 3.80. The fraction of sp³-hybridized carbons (Fsp3) is 0.150. The van der Waals surface area contributed by atoms with E-state index in [0.717, 1.165) is 28.1 Å². The predicted octanol–water partition coefficient (Wildman–Crippen LogP) is 2.82. The van der Waals surface area contributed by atoms with Gasteiger partial charge in [-0.3, -0.25) is 14.5 Å². The number of aryl methyl sites for hydroxylation is 1. The van der Waals surface area contributed by atoms with Gasteiger partial charge in [0, 0.05) is 43.8 Å². The van der Waals surface area contributed by atoms with Crippen molar-refractivity contribution in [1.82, 2.24) is 20.1 Å². The van der Waals surface area contributed by atoms with Crippen molar-refractivity contribution >= 4 is 12.0 Å². The Hall–Kier alpha value is -3.41. The van der Waals surface area contributed by atoms with E-state index < -0.39 is 0 Å². The number of nitrogens with zero attached hydrogens (tertiary/aromatic N) is 3. The van der Waals surface area contributed by atoms with Crippen LogP contribution in [0.1, 0.15) is 11.1 Å². The lowest BCUT2D eigenvalue weighted by Gasteiger charge is -2.06. The minimum Gasteiger partial charge on any atom is -0.497 e. The fourth-order valence-electron chi connectivity index (χ4n) is 2.52. The Morgan fingerprint density at radius 3 is 2.73 bits per heavy atom. The van der Waals surface area contributed by atoms with Crippen LogP contribution in [0.2, 0.25) is 0 Å². The van der Waals surface area contributed by atoms with Gasteiger partial charge in [0.2, 0.25) is 5.91 Å². The molecule has 0 fully saturated rings. The van der Waals surface area contributed by atoms with Crippen LogP contribution in [-0.2, 0) is 18.4 Å². The molecular formula is C20H20N4O2. The molecule has 6 heteroatoms. The van der Waals surface area contributed by atoms with Gasteiger partial charge in [0.15, 0.2) is 0 Å². The smallest absolute Gasteiger partial charge is 0.244 e. The van der Waals surface area contributed by atoms with Gasteiger partial charge in [-0.25, -0.2) is 0 Å². The molecule has 0 atom stereocenters. The Labute approximate surface area is 152 Å². The molecule has 26 heavy (non-hydrogen) atoms. The molecule has 0 aliphatic carbocycles. The summed E-state index contributed by atoms with van der Waals surface area (Å²) in [6.07, 6.45) is 8.55. The first-order valence-electron chi connectivity index (χ1n) is 8.18. The first-order valence-corrected chi connectivity index (χ1v) is 8.18. The second-order valence-corrected chi connectivity index (χ2v) is 5.75. The van der Waals surface area contributed by atoms with E-state index in [2.05, 4.69) is 15.4 Å². The SMILES string of the molecule is COc1ccc(/C=C/C(=O)NCc2cncc(-c3ccnn3C)c2)cc1. The molecule has 0 aliphatic heterocycles. The molecule has 0 unspecified atom stereocenters. The third-order valence-corrected chi connectivity index (χ3v) is 3.92. The number of nitrogens with one attached hydrogen (secondary N) is 1. The van der Waals surface area contributed by atoms with Crippen molar-refractivity contribution in [3.63, 3.8) is 0 Å². The Kier molecular flexibility index (Phi) is 5.43. The summed E-state index contributed by atoms with van der Waals surface area (Å²) in [5, 5.41) is 7.03. The van der Waals surface area contributed by atoms with E-state index in [9.17, 15) is 4.79 Å². The molecule has 6 nitrogen and oxygen atoms in total. The summed E-state index contributed by atoms with van der Waals surface area (Å²) in [6.45, 7) is 0.407. The molecule has 3 aromatic rings. The molecule has 0 saturated carbocycles. The van der Waals surface area contributed by atoms with E-state index in [4.69, 9.17) is 4.74 Å². The number of hydrogen-bond acceptors (Lipinski definition) is 4. The monoisotopic (exact) mass is 348 g/mol. The number of rotatable bonds is 6. The van der Waals surface area contributed by atoms with E-state index in [1.54, 1.807) is 36.5 Å². The molecule has 2 aromatic heterocycles. The van der Waals surface area contributed by atoms with Crippen LogP contribution in [-0.4, -0.2) is 27.8 Å². The van der Waals surface area contributed by atoms with Crippen molar-refractivity contribution < 1.29 is 9.53 Å². The lowest BCUT2D eigenvalue weighted by atomic mass is 10.1. The Bertz CT molecular complexity index is 914. The van der Waals surface area contributed by atoms with Crippen molar-refractivity contribution in [2.75, 3.05) is 7.11 Å². The fourth-order valence-corrected chi connectivity index (χ4v) is 2.52. The first-order chi connectivity index (χ1) is 12.7. The van der Waals surface area contributed by atoms with E-state index >= 15 is 0 Å². The van der Waals surface area contributed by atoms with Crippen LogP contribution in [0.25, 0.3) is 17.3 Å². The number of aromatic nitrogens is 3. The summed E-state index contributed by atoms with van der Waals surface area (Å²) in [7, 11) is 3.50. The molecule has 1 aromatic carbocycles. The molecule has 2 heterocycles. The predicted molar refractivity (Wildman–Crippen MR) is 100 cm³/mol. The van der Waals surface area contributed by atoms with Crippen LogP contribution in [0.3, 0.4) is 0 Å². The molecule has 0 bridgehead atoms. The highest BCUT2D eigenvalue weighted by Crippen LogP contribution is 2.18. The van der Waals surface area contributed by atoms with Gasteiger partial charge in [0.1, 0.15) is 5.75 Å². The van der Waals surface area contributed by atoms with Gasteiger partial charge in [-0.1, -0.05) is 12.1 Å². The molecular weight excluding hydrogens is 328 g/mol. The van der Waals surface area contributed by atoms with Crippen LogP contribution >= 0.6 is 0 Å². The normalized spacial score (nSPS) is 10.8. The number of carbonyl (C=O) groups is 1.